The number of amides is 1. The molecule has 3 rings (SSSR count). The van der Waals surface area contributed by atoms with Gasteiger partial charge in [0.05, 0.1) is 22.7 Å². The molecule has 1 N–H and O–H groups in total. The average molecular weight is 274 g/mol. The maximum absolute atomic E-state index is 12.4. The Morgan fingerprint density at radius 2 is 1.90 bits per heavy atom. The molecule has 0 saturated heterocycles. The number of anilines is 1. The van der Waals surface area contributed by atoms with E-state index >= 15 is 0 Å². The maximum atomic E-state index is 12.4. The number of aromatic nitrogens is 2. The van der Waals surface area contributed by atoms with Crippen LogP contribution in [0.2, 0.25) is 0 Å². The van der Waals surface area contributed by atoms with Gasteiger partial charge in [-0.3, -0.25) is 14.8 Å². The second kappa shape index (κ2) is 5.39. The number of carbonyl (C=O) groups is 1. The lowest BCUT2D eigenvalue weighted by atomic mass is 10.1. The van der Waals surface area contributed by atoms with E-state index in [2.05, 4.69) is 15.3 Å². The van der Waals surface area contributed by atoms with Crippen molar-refractivity contribution in [2.24, 2.45) is 0 Å². The molecule has 3 aromatic rings. The van der Waals surface area contributed by atoms with Crippen LogP contribution < -0.4 is 5.32 Å². The SMILES string of the molecule is N#Cc1cccc(NC(=O)c2cccc3nccnc23)c1. The van der Waals surface area contributed by atoms with Crippen LogP contribution in [0.3, 0.4) is 0 Å². The lowest BCUT2D eigenvalue weighted by Gasteiger charge is -2.07. The normalized spacial score (nSPS) is 10.0. The Labute approximate surface area is 120 Å². The molecule has 5 nitrogen and oxygen atoms in total. The molecular weight excluding hydrogens is 264 g/mol. The molecule has 0 bridgehead atoms. The number of benzene rings is 2. The molecule has 1 heterocycles. The van der Waals surface area contributed by atoms with Gasteiger partial charge in [0.15, 0.2) is 0 Å². The summed E-state index contributed by atoms with van der Waals surface area (Å²) in [4.78, 5) is 20.7. The summed E-state index contributed by atoms with van der Waals surface area (Å²) in [7, 11) is 0. The van der Waals surface area contributed by atoms with Gasteiger partial charge >= 0.3 is 0 Å². The lowest BCUT2D eigenvalue weighted by molar-refractivity contribution is 0.102. The Hall–Kier alpha value is -3.26. The highest BCUT2D eigenvalue weighted by atomic mass is 16.1. The van der Waals surface area contributed by atoms with Crippen molar-refractivity contribution < 1.29 is 4.79 Å². The van der Waals surface area contributed by atoms with Gasteiger partial charge in [-0.1, -0.05) is 12.1 Å². The van der Waals surface area contributed by atoms with Crippen LogP contribution in [0.25, 0.3) is 11.0 Å². The number of fused-ring (bicyclic) bond motifs is 1. The molecule has 21 heavy (non-hydrogen) atoms. The first-order valence-electron chi connectivity index (χ1n) is 6.29. The first kappa shape index (κ1) is 12.8. The van der Waals surface area contributed by atoms with Gasteiger partial charge in [0.1, 0.15) is 5.52 Å². The van der Waals surface area contributed by atoms with Crippen molar-refractivity contribution in [1.29, 1.82) is 5.26 Å². The molecule has 1 aromatic heterocycles. The molecule has 2 aromatic carbocycles. The van der Waals surface area contributed by atoms with Gasteiger partial charge in [0.2, 0.25) is 0 Å². The highest BCUT2D eigenvalue weighted by Gasteiger charge is 2.11. The number of nitrogens with zero attached hydrogens (tertiary/aromatic N) is 3. The Kier molecular flexibility index (Phi) is 3.27. The quantitative estimate of drug-likeness (QED) is 0.779. The minimum absolute atomic E-state index is 0.281. The van der Waals surface area contributed by atoms with Crippen LogP contribution in [0.5, 0.6) is 0 Å². The molecule has 1 amide bonds. The van der Waals surface area contributed by atoms with Gasteiger partial charge in [-0.05, 0) is 30.3 Å². The standard InChI is InChI=1S/C16H10N4O/c17-10-11-3-1-4-12(9-11)20-16(21)13-5-2-6-14-15(13)19-8-7-18-14/h1-9H,(H,20,21). The minimum atomic E-state index is -0.281. The highest BCUT2D eigenvalue weighted by molar-refractivity contribution is 6.11. The van der Waals surface area contributed by atoms with Crippen molar-refractivity contribution in [1.82, 2.24) is 9.97 Å². The minimum Gasteiger partial charge on any atom is -0.322 e. The fourth-order valence-corrected chi connectivity index (χ4v) is 2.04. The van der Waals surface area contributed by atoms with Crippen LogP contribution in [-0.4, -0.2) is 15.9 Å². The first-order valence-corrected chi connectivity index (χ1v) is 6.29. The van der Waals surface area contributed by atoms with Crippen LogP contribution in [0.1, 0.15) is 15.9 Å². The molecule has 0 aliphatic rings. The Morgan fingerprint density at radius 3 is 2.76 bits per heavy atom. The number of rotatable bonds is 2. The van der Waals surface area contributed by atoms with E-state index < -0.39 is 0 Å². The van der Waals surface area contributed by atoms with E-state index in [-0.39, 0.29) is 5.91 Å². The highest BCUT2D eigenvalue weighted by Crippen LogP contribution is 2.16. The number of para-hydroxylation sites is 1. The first-order chi connectivity index (χ1) is 10.3. The zero-order valence-corrected chi connectivity index (χ0v) is 10.9. The Bertz CT molecular complexity index is 862. The van der Waals surface area contributed by atoms with Gasteiger partial charge in [-0.25, -0.2) is 0 Å². The third-order valence-corrected chi connectivity index (χ3v) is 2.99. The fraction of sp³-hybridized carbons (Fsp3) is 0. The predicted octanol–water partition coefficient (Wildman–Crippen LogP) is 2.75. The van der Waals surface area contributed by atoms with E-state index in [1.54, 1.807) is 54.9 Å². The monoisotopic (exact) mass is 274 g/mol. The summed E-state index contributed by atoms with van der Waals surface area (Å²) in [6, 6.07) is 14.0. The van der Waals surface area contributed by atoms with Crippen molar-refractivity contribution in [3.63, 3.8) is 0 Å². The van der Waals surface area contributed by atoms with Gasteiger partial charge in [-0.2, -0.15) is 5.26 Å². The molecule has 0 saturated carbocycles. The van der Waals surface area contributed by atoms with E-state index in [0.29, 0.717) is 27.8 Å². The molecule has 100 valence electrons. The van der Waals surface area contributed by atoms with Crippen LogP contribution in [0.15, 0.2) is 54.9 Å². The summed E-state index contributed by atoms with van der Waals surface area (Å²) >= 11 is 0. The van der Waals surface area contributed by atoms with E-state index in [9.17, 15) is 4.79 Å². The van der Waals surface area contributed by atoms with Gasteiger partial charge in [0.25, 0.3) is 5.91 Å². The van der Waals surface area contributed by atoms with Gasteiger partial charge in [-0.15, -0.1) is 0 Å². The lowest BCUT2D eigenvalue weighted by Crippen LogP contribution is -2.13. The molecule has 5 heteroatoms. The number of hydrogen-bond donors (Lipinski definition) is 1. The summed E-state index contributed by atoms with van der Waals surface area (Å²) in [5, 5.41) is 11.6. The van der Waals surface area contributed by atoms with E-state index in [1.165, 1.54) is 0 Å². The van der Waals surface area contributed by atoms with Crippen molar-refractivity contribution in [2.45, 2.75) is 0 Å². The second-order valence-electron chi connectivity index (χ2n) is 4.38. The summed E-state index contributed by atoms with van der Waals surface area (Å²) in [6.45, 7) is 0. The number of nitriles is 1. The third-order valence-electron chi connectivity index (χ3n) is 2.99. The Morgan fingerprint density at radius 1 is 1.10 bits per heavy atom. The second-order valence-corrected chi connectivity index (χ2v) is 4.38. The van der Waals surface area contributed by atoms with Crippen molar-refractivity contribution >= 4 is 22.6 Å². The number of hydrogen-bond acceptors (Lipinski definition) is 4. The van der Waals surface area contributed by atoms with E-state index in [1.807, 2.05) is 6.07 Å². The molecule has 0 spiro atoms. The van der Waals surface area contributed by atoms with Crippen LogP contribution in [0.4, 0.5) is 5.69 Å². The maximum Gasteiger partial charge on any atom is 0.257 e. The zero-order chi connectivity index (χ0) is 14.7. The molecule has 0 unspecified atom stereocenters. The van der Waals surface area contributed by atoms with E-state index in [0.717, 1.165) is 0 Å². The number of carbonyl (C=O) groups excluding carboxylic acids is 1. The summed E-state index contributed by atoms with van der Waals surface area (Å²) in [6.07, 6.45) is 3.13. The van der Waals surface area contributed by atoms with Crippen molar-refractivity contribution in [3.05, 3.63) is 66.0 Å². The fourth-order valence-electron chi connectivity index (χ4n) is 2.04. The molecule has 0 atom stereocenters. The van der Waals surface area contributed by atoms with Crippen LogP contribution in [-0.2, 0) is 0 Å². The molecule has 0 radical (unpaired) electrons. The van der Waals surface area contributed by atoms with E-state index in [4.69, 9.17) is 5.26 Å². The van der Waals surface area contributed by atoms with Crippen LogP contribution >= 0.6 is 0 Å². The third kappa shape index (κ3) is 2.55. The van der Waals surface area contributed by atoms with Gasteiger partial charge < -0.3 is 5.32 Å². The van der Waals surface area contributed by atoms with Crippen LogP contribution in [0, 0.1) is 11.3 Å². The summed E-state index contributed by atoms with van der Waals surface area (Å²) in [5.74, 6) is -0.281. The molecule has 0 aliphatic carbocycles. The van der Waals surface area contributed by atoms with Crippen molar-refractivity contribution in [3.8, 4) is 6.07 Å². The zero-order valence-electron chi connectivity index (χ0n) is 10.9. The summed E-state index contributed by atoms with van der Waals surface area (Å²) < 4.78 is 0. The predicted molar refractivity (Wildman–Crippen MR) is 78.6 cm³/mol. The summed E-state index contributed by atoms with van der Waals surface area (Å²) in [5.41, 5.74) is 2.72. The Balaban J connectivity index is 1.96. The topological polar surface area (TPSA) is 78.7 Å². The van der Waals surface area contributed by atoms with Crippen molar-refractivity contribution in [2.75, 3.05) is 5.32 Å². The molecular formula is C16H10N4O. The largest absolute Gasteiger partial charge is 0.322 e. The molecule has 0 aliphatic heterocycles. The van der Waals surface area contributed by atoms with Gasteiger partial charge in [0, 0.05) is 18.1 Å². The molecule has 0 fully saturated rings. The average Bonchev–Trinajstić information content (AvgIpc) is 2.54. The number of nitrogens with one attached hydrogen (secondary N) is 1. The smallest absolute Gasteiger partial charge is 0.257 e.